The van der Waals surface area contributed by atoms with Gasteiger partial charge in [0.1, 0.15) is 0 Å². The second-order valence-corrected chi connectivity index (χ2v) is 8.14. The Bertz CT molecular complexity index is 1160. The fourth-order valence-electron chi connectivity index (χ4n) is 3.74. The van der Waals surface area contributed by atoms with Crippen LogP contribution in [0.3, 0.4) is 0 Å². The van der Waals surface area contributed by atoms with Crippen LogP contribution in [-0.4, -0.2) is 29.3 Å². The maximum atomic E-state index is 13.5. The maximum Gasteiger partial charge on any atom is 0.272 e. The minimum atomic E-state index is -0.334. The Hall–Kier alpha value is -2.89. The standard InChI is InChI=1S/C24H21NO3S/c1-15-10-11-18(16(2)14-15)21-22(29-13-12-26)24(28)25(23(21)27)20-9-5-7-17-6-3-4-8-19(17)20/h3-11,14,26H,12-13H2,1-2H3. The zero-order chi connectivity index (χ0) is 20.5. The van der Waals surface area contributed by atoms with E-state index in [9.17, 15) is 14.7 Å². The first kappa shape index (κ1) is 19.4. The van der Waals surface area contributed by atoms with E-state index in [1.165, 1.54) is 16.7 Å². The van der Waals surface area contributed by atoms with Crippen molar-refractivity contribution < 1.29 is 14.7 Å². The average Bonchev–Trinajstić information content (AvgIpc) is 2.95. The highest BCUT2D eigenvalue weighted by molar-refractivity contribution is 8.04. The number of hydrogen-bond donors (Lipinski definition) is 1. The summed E-state index contributed by atoms with van der Waals surface area (Å²) < 4.78 is 0. The monoisotopic (exact) mass is 403 g/mol. The molecule has 146 valence electrons. The van der Waals surface area contributed by atoms with E-state index >= 15 is 0 Å². The zero-order valence-electron chi connectivity index (χ0n) is 16.3. The van der Waals surface area contributed by atoms with Crippen molar-refractivity contribution in [2.24, 2.45) is 0 Å². The van der Waals surface area contributed by atoms with Gasteiger partial charge >= 0.3 is 0 Å². The Morgan fingerprint density at radius 2 is 1.69 bits per heavy atom. The highest BCUT2D eigenvalue weighted by Gasteiger charge is 2.41. The van der Waals surface area contributed by atoms with Crippen LogP contribution >= 0.6 is 11.8 Å². The van der Waals surface area contributed by atoms with Crippen LogP contribution < -0.4 is 4.90 Å². The Balaban J connectivity index is 1.88. The number of carbonyl (C=O) groups is 2. The first-order chi connectivity index (χ1) is 14.0. The molecule has 2 amide bonds. The van der Waals surface area contributed by atoms with Gasteiger partial charge in [-0.25, -0.2) is 4.90 Å². The number of fused-ring (bicyclic) bond motifs is 1. The molecule has 3 aromatic rings. The van der Waals surface area contributed by atoms with E-state index in [0.29, 0.717) is 21.9 Å². The summed E-state index contributed by atoms with van der Waals surface area (Å²) in [5, 5.41) is 11.1. The van der Waals surface area contributed by atoms with Gasteiger partial charge in [0, 0.05) is 11.1 Å². The second kappa shape index (κ2) is 7.85. The van der Waals surface area contributed by atoms with Crippen molar-refractivity contribution in [3.63, 3.8) is 0 Å². The molecule has 1 heterocycles. The minimum Gasteiger partial charge on any atom is -0.396 e. The first-order valence-corrected chi connectivity index (χ1v) is 10.4. The largest absolute Gasteiger partial charge is 0.396 e. The average molecular weight is 404 g/mol. The van der Waals surface area contributed by atoms with Crippen LogP contribution in [0.25, 0.3) is 16.3 Å². The van der Waals surface area contributed by atoms with Gasteiger partial charge in [-0.2, -0.15) is 0 Å². The highest BCUT2D eigenvalue weighted by atomic mass is 32.2. The number of carbonyl (C=O) groups excluding carboxylic acids is 2. The van der Waals surface area contributed by atoms with Gasteiger partial charge in [0.05, 0.1) is 22.8 Å². The van der Waals surface area contributed by atoms with Gasteiger partial charge in [0.25, 0.3) is 11.8 Å². The van der Waals surface area contributed by atoms with Crippen LogP contribution in [0.4, 0.5) is 5.69 Å². The zero-order valence-corrected chi connectivity index (χ0v) is 17.1. The van der Waals surface area contributed by atoms with Crippen molar-refractivity contribution >= 4 is 45.6 Å². The lowest BCUT2D eigenvalue weighted by molar-refractivity contribution is -0.119. The number of aliphatic hydroxyl groups excluding tert-OH is 1. The Kier molecular flexibility index (Phi) is 5.26. The number of amides is 2. The molecule has 3 aromatic carbocycles. The van der Waals surface area contributed by atoms with Crippen molar-refractivity contribution in [2.75, 3.05) is 17.3 Å². The maximum absolute atomic E-state index is 13.5. The van der Waals surface area contributed by atoms with E-state index in [2.05, 4.69) is 0 Å². The van der Waals surface area contributed by atoms with Crippen LogP contribution in [0, 0.1) is 13.8 Å². The number of aryl methyl sites for hydroxylation is 2. The summed E-state index contributed by atoms with van der Waals surface area (Å²) in [6, 6.07) is 19.2. The van der Waals surface area contributed by atoms with Crippen LogP contribution in [0.5, 0.6) is 0 Å². The molecule has 0 radical (unpaired) electrons. The molecule has 0 aliphatic carbocycles. The summed E-state index contributed by atoms with van der Waals surface area (Å²) in [6.07, 6.45) is 0. The first-order valence-electron chi connectivity index (χ1n) is 9.45. The third-order valence-corrected chi connectivity index (χ3v) is 6.09. The minimum absolute atomic E-state index is 0.0654. The molecule has 0 atom stereocenters. The van der Waals surface area contributed by atoms with Crippen molar-refractivity contribution in [3.8, 4) is 0 Å². The van der Waals surface area contributed by atoms with E-state index in [1.54, 1.807) is 6.07 Å². The van der Waals surface area contributed by atoms with Crippen LogP contribution in [-0.2, 0) is 9.59 Å². The fourth-order valence-corrected chi connectivity index (χ4v) is 4.60. The molecule has 0 unspecified atom stereocenters. The second-order valence-electron chi connectivity index (χ2n) is 7.04. The summed E-state index contributed by atoms with van der Waals surface area (Å²) in [5.74, 6) is -0.301. The number of rotatable bonds is 5. The van der Waals surface area contributed by atoms with Gasteiger partial charge in [0.15, 0.2) is 0 Å². The molecular weight excluding hydrogens is 382 g/mol. The number of imide groups is 1. The van der Waals surface area contributed by atoms with Gasteiger partial charge in [-0.05, 0) is 36.4 Å². The van der Waals surface area contributed by atoms with E-state index < -0.39 is 0 Å². The summed E-state index contributed by atoms with van der Waals surface area (Å²) in [4.78, 5) is 28.6. The van der Waals surface area contributed by atoms with E-state index in [4.69, 9.17) is 0 Å². The molecule has 1 aliphatic rings. The quantitative estimate of drug-likeness (QED) is 0.639. The number of nitrogens with zero attached hydrogens (tertiary/aromatic N) is 1. The summed E-state index contributed by atoms with van der Waals surface area (Å²) in [7, 11) is 0. The van der Waals surface area contributed by atoms with Gasteiger partial charge in [-0.15, -0.1) is 11.8 Å². The Morgan fingerprint density at radius 1 is 0.931 bits per heavy atom. The topological polar surface area (TPSA) is 57.6 Å². The number of aliphatic hydroxyl groups is 1. The van der Waals surface area contributed by atoms with E-state index in [-0.39, 0.29) is 18.4 Å². The summed E-state index contributed by atoms with van der Waals surface area (Å²) in [5.41, 5.74) is 3.80. The van der Waals surface area contributed by atoms with Gasteiger partial charge in [-0.1, -0.05) is 60.2 Å². The number of anilines is 1. The van der Waals surface area contributed by atoms with Crippen molar-refractivity contribution in [3.05, 3.63) is 82.3 Å². The lowest BCUT2D eigenvalue weighted by Crippen LogP contribution is -2.31. The highest BCUT2D eigenvalue weighted by Crippen LogP contribution is 2.41. The smallest absolute Gasteiger partial charge is 0.272 e. The summed E-state index contributed by atoms with van der Waals surface area (Å²) in [6.45, 7) is 3.88. The van der Waals surface area contributed by atoms with Gasteiger partial charge in [0.2, 0.25) is 0 Å². The number of hydrogen-bond acceptors (Lipinski definition) is 4. The van der Waals surface area contributed by atoms with Gasteiger partial charge in [-0.3, -0.25) is 9.59 Å². The molecule has 5 heteroatoms. The summed E-state index contributed by atoms with van der Waals surface area (Å²) >= 11 is 1.23. The van der Waals surface area contributed by atoms with Gasteiger partial charge < -0.3 is 5.11 Å². The molecule has 0 saturated carbocycles. The SMILES string of the molecule is Cc1ccc(C2=C(SCCO)C(=O)N(c3cccc4ccccc34)C2=O)c(C)c1. The lowest BCUT2D eigenvalue weighted by Gasteiger charge is -2.18. The molecule has 0 bridgehead atoms. The van der Waals surface area contributed by atoms with Crippen molar-refractivity contribution in [2.45, 2.75) is 13.8 Å². The number of benzene rings is 3. The third kappa shape index (κ3) is 3.37. The predicted molar refractivity (Wildman–Crippen MR) is 119 cm³/mol. The molecule has 1 aliphatic heterocycles. The third-order valence-electron chi connectivity index (χ3n) is 5.04. The molecule has 29 heavy (non-hydrogen) atoms. The molecule has 4 rings (SSSR count). The fraction of sp³-hybridized carbons (Fsp3) is 0.167. The van der Waals surface area contributed by atoms with Crippen LogP contribution in [0.2, 0.25) is 0 Å². The Labute approximate surface area is 173 Å². The molecule has 1 N–H and O–H groups in total. The van der Waals surface area contributed by atoms with Crippen LogP contribution in [0.1, 0.15) is 16.7 Å². The van der Waals surface area contributed by atoms with Crippen molar-refractivity contribution in [1.29, 1.82) is 0 Å². The molecule has 0 aromatic heterocycles. The van der Waals surface area contributed by atoms with Crippen LogP contribution in [0.15, 0.2) is 65.6 Å². The van der Waals surface area contributed by atoms with Crippen molar-refractivity contribution in [1.82, 2.24) is 0 Å². The molecular formula is C24H21NO3S. The molecule has 0 spiro atoms. The molecule has 0 saturated heterocycles. The van der Waals surface area contributed by atoms with E-state index in [0.717, 1.165) is 27.5 Å². The number of thioether (sulfide) groups is 1. The van der Waals surface area contributed by atoms with E-state index in [1.807, 2.05) is 68.4 Å². The lowest BCUT2D eigenvalue weighted by atomic mass is 9.98. The normalized spacial score (nSPS) is 14.4. The Morgan fingerprint density at radius 3 is 2.45 bits per heavy atom. The molecule has 4 nitrogen and oxygen atoms in total. The molecule has 0 fully saturated rings. The predicted octanol–water partition coefficient (Wildman–Crippen LogP) is 4.47.